The number of nitro groups is 1. The number of amides is 1. The number of carbonyl (C=O) groups excluding carboxylic acids is 1. The number of nitro benzene ring substituents is 1. The SMILES string of the molecule is O=C(NCc1ccoc1)c1cccc(Cl)c1[N+](=O)[O-]. The molecule has 0 saturated carbocycles. The van der Waals surface area contributed by atoms with Crippen LogP contribution < -0.4 is 5.32 Å². The highest BCUT2D eigenvalue weighted by molar-refractivity contribution is 6.33. The van der Waals surface area contributed by atoms with Crippen LogP contribution in [0.5, 0.6) is 0 Å². The van der Waals surface area contributed by atoms with Gasteiger partial charge in [0.2, 0.25) is 0 Å². The summed E-state index contributed by atoms with van der Waals surface area (Å²) in [6, 6.07) is 5.90. The second kappa shape index (κ2) is 5.53. The predicted molar refractivity (Wildman–Crippen MR) is 68.0 cm³/mol. The fraction of sp³-hybridized carbons (Fsp3) is 0.0833. The van der Waals surface area contributed by atoms with Crippen LogP contribution in [0.25, 0.3) is 0 Å². The third kappa shape index (κ3) is 2.92. The van der Waals surface area contributed by atoms with E-state index in [1.807, 2.05) is 0 Å². The molecule has 0 aliphatic rings. The first-order valence-corrected chi connectivity index (χ1v) is 5.69. The Morgan fingerprint density at radius 2 is 2.21 bits per heavy atom. The van der Waals surface area contributed by atoms with Crippen molar-refractivity contribution in [2.24, 2.45) is 0 Å². The molecule has 0 aliphatic heterocycles. The number of nitrogens with one attached hydrogen (secondary N) is 1. The molecule has 1 heterocycles. The minimum Gasteiger partial charge on any atom is -0.472 e. The third-order valence-electron chi connectivity index (χ3n) is 2.45. The molecule has 1 aromatic heterocycles. The maximum Gasteiger partial charge on any atom is 0.300 e. The van der Waals surface area contributed by atoms with Crippen LogP contribution in [0.3, 0.4) is 0 Å². The van der Waals surface area contributed by atoms with Crippen molar-refractivity contribution < 1.29 is 14.1 Å². The van der Waals surface area contributed by atoms with E-state index in [0.29, 0.717) is 0 Å². The van der Waals surface area contributed by atoms with Gasteiger partial charge in [-0.25, -0.2) is 0 Å². The summed E-state index contributed by atoms with van der Waals surface area (Å²) in [6.45, 7) is 0.221. The highest BCUT2D eigenvalue weighted by Crippen LogP contribution is 2.28. The molecule has 2 aromatic rings. The number of hydrogen-bond donors (Lipinski definition) is 1. The van der Waals surface area contributed by atoms with E-state index in [1.165, 1.54) is 30.7 Å². The summed E-state index contributed by atoms with van der Waals surface area (Å²) in [5.41, 5.74) is 0.299. The second-order valence-corrected chi connectivity index (χ2v) is 4.11. The summed E-state index contributed by atoms with van der Waals surface area (Å²) >= 11 is 5.73. The molecule has 0 radical (unpaired) electrons. The van der Waals surface area contributed by atoms with Crippen LogP contribution in [0, 0.1) is 10.1 Å². The number of para-hydroxylation sites is 1. The topological polar surface area (TPSA) is 85.4 Å². The molecule has 2 rings (SSSR count). The quantitative estimate of drug-likeness (QED) is 0.689. The van der Waals surface area contributed by atoms with Gasteiger partial charge in [0.15, 0.2) is 0 Å². The molecule has 0 aliphatic carbocycles. The van der Waals surface area contributed by atoms with Crippen molar-refractivity contribution in [3.63, 3.8) is 0 Å². The Bertz CT molecular complexity index is 610. The van der Waals surface area contributed by atoms with Gasteiger partial charge in [0.25, 0.3) is 5.91 Å². The van der Waals surface area contributed by atoms with Crippen molar-refractivity contribution in [1.82, 2.24) is 5.32 Å². The number of hydrogen-bond acceptors (Lipinski definition) is 4. The highest BCUT2D eigenvalue weighted by atomic mass is 35.5. The van der Waals surface area contributed by atoms with Gasteiger partial charge < -0.3 is 9.73 Å². The van der Waals surface area contributed by atoms with Crippen LogP contribution in [0.2, 0.25) is 5.02 Å². The van der Waals surface area contributed by atoms with Gasteiger partial charge in [-0.15, -0.1) is 0 Å². The summed E-state index contributed by atoms with van der Waals surface area (Å²) in [5, 5.41) is 13.4. The average Bonchev–Trinajstić information content (AvgIpc) is 2.88. The van der Waals surface area contributed by atoms with Crippen LogP contribution in [0.1, 0.15) is 15.9 Å². The average molecular weight is 281 g/mol. The van der Waals surface area contributed by atoms with Gasteiger partial charge in [0.1, 0.15) is 10.6 Å². The Balaban J connectivity index is 2.19. The van der Waals surface area contributed by atoms with Crippen LogP contribution in [-0.2, 0) is 6.54 Å². The van der Waals surface area contributed by atoms with Gasteiger partial charge >= 0.3 is 5.69 Å². The Morgan fingerprint density at radius 1 is 1.42 bits per heavy atom. The number of nitrogens with zero attached hydrogens (tertiary/aromatic N) is 1. The zero-order valence-corrected chi connectivity index (χ0v) is 10.4. The molecule has 19 heavy (non-hydrogen) atoms. The fourth-order valence-corrected chi connectivity index (χ4v) is 1.80. The van der Waals surface area contributed by atoms with E-state index in [9.17, 15) is 14.9 Å². The lowest BCUT2D eigenvalue weighted by molar-refractivity contribution is -0.385. The van der Waals surface area contributed by atoms with Crippen LogP contribution in [0.15, 0.2) is 41.2 Å². The molecule has 1 amide bonds. The summed E-state index contributed by atoms with van der Waals surface area (Å²) in [5.74, 6) is -0.560. The fourth-order valence-electron chi connectivity index (χ4n) is 1.55. The minimum atomic E-state index is -0.672. The summed E-state index contributed by atoms with van der Waals surface area (Å²) in [6.07, 6.45) is 2.95. The van der Waals surface area contributed by atoms with Gasteiger partial charge in [0, 0.05) is 12.1 Å². The highest BCUT2D eigenvalue weighted by Gasteiger charge is 2.23. The van der Waals surface area contributed by atoms with Crippen molar-refractivity contribution in [2.45, 2.75) is 6.54 Å². The molecule has 0 spiro atoms. The second-order valence-electron chi connectivity index (χ2n) is 3.71. The van der Waals surface area contributed by atoms with E-state index >= 15 is 0 Å². The zero-order valence-electron chi connectivity index (χ0n) is 9.63. The molecule has 0 bridgehead atoms. The Hall–Kier alpha value is -2.34. The van der Waals surface area contributed by atoms with Crippen LogP contribution >= 0.6 is 11.6 Å². The summed E-state index contributed by atoms with van der Waals surface area (Å²) < 4.78 is 4.85. The van der Waals surface area contributed by atoms with Crippen molar-refractivity contribution in [3.8, 4) is 0 Å². The van der Waals surface area contributed by atoms with Crippen molar-refractivity contribution >= 4 is 23.2 Å². The Morgan fingerprint density at radius 3 is 2.84 bits per heavy atom. The first kappa shape index (κ1) is 13.1. The lowest BCUT2D eigenvalue weighted by Crippen LogP contribution is -2.23. The van der Waals surface area contributed by atoms with E-state index in [0.717, 1.165) is 5.56 Å². The van der Waals surface area contributed by atoms with E-state index in [4.69, 9.17) is 16.0 Å². The Kier molecular flexibility index (Phi) is 3.82. The Labute approximate surface area is 113 Å². The molecule has 0 atom stereocenters. The molecule has 6 nitrogen and oxygen atoms in total. The maximum absolute atomic E-state index is 11.9. The summed E-state index contributed by atoms with van der Waals surface area (Å²) in [4.78, 5) is 22.1. The molecule has 1 aromatic carbocycles. The lowest BCUT2D eigenvalue weighted by Gasteiger charge is -2.05. The lowest BCUT2D eigenvalue weighted by atomic mass is 10.1. The van der Waals surface area contributed by atoms with Crippen molar-refractivity contribution in [2.75, 3.05) is 0 Å². The molecule has 1 N–H and O–H groups in total. The normalized spacial score (nSPS) is 10.2. The van der Waals surface area contributed by atoms with E-state index < -0.39 is 16.5 Å². The first-order valence-electron chi connectivity index (χ1n) is 5.32. The maximum atomic E-state index is 11.9. The van der Waals surface area contributed by atoms with E-state index in [1.54, 1.807) is 6.07 Å². The number of rotatable bonds is 4. The van der Waals surface area contributed by atoms with Crippen LogP contribution in [0.4, 0.5) is 5.69 Å². The van der Waals surface area contributed by atoms with E-state index in [-0.39, 0.29) is 17.1 Å². The largest absolute Gasteiger partial charge is 0.472 e. The molecule has 0 unspecified atom stereocenters. The number of halogens is 1. The molecule has 98 valence electrons. The van der Waals surface area contributed by atoms with Gasteiger partial charge in [-0.1, -0.05) is 17.7 Å². The van der Waals surface area contributed by atoms with Crippen molar-refractivity contribution in [3.05, 3.63) is 63.1 Å². The number of benzene rings is 1. The van der Waals surface area contributed by atoms with Gasteiger partial charge in [-0.3, -0.25) is 14.9 Å². The molecular weight excluding hydrogens is 272 g/mol. The minimum absolute atomic E-state index is 0.0685. The first-order chi connectivity index (χ1) is 9.09. The monoisotopic (exact) mass is 280 g/mol. The third-order valence-corrected chi connectivity index (χ3v) is 2.75. The molecule has 0 fully saturated rings. The number of furan rings is 1. The van der Waals surface area contributed by atoms with E-state index in [2.05, 4.69) is 5.32 Å². The van der Waals surface area contributed by atoms with Gasteiger partial charge in [-0.05, 0) is 18.2 Å². The zero-order chi connectivity index (χ0) is 13.8. The predicted octanol–water partition coefficient (Wildman–Crippen LogP) is 2.77. The van der Waals surface area contributed by atoms with Crippen LogP contribution in [-0.4, -0.2) is 10.8 Å². The van der Waals surface area contributed by atoms with Gasteiger partial charge in [0.05, 0.1) is 17.4 Å². The summed E-state index contributed by atoms with van der Waals surface area (Å²) in [7, 11) is 0. The van der Waals surface area contributed by atoms with Gasteiger partial charge in [-0.2, -0.15) is 0 Å². The number of carbonyl (C=O) groups is 1. The standard InChI is InChI=1S/C12H9ClN2O4/c13-10-3-1-2-9(11(10)15(17)18)12(16)14-6-8-4-5-19-7-8/h1-5,7H,6H2,(H,14,16). The molecule has 0 saturated heterocycles. The molecular formula is C12H9ClN2O4. The molecule has 7 heteroatoms. The van der Waals surface area contributed by atoms with Crippen molar-refractivity contribution in [1.29, 1.82) is 0 Å². The smallest absolute Gasteiger partial charge is 0.300 e.